The molecule has 2 nitrogen and oxygen atoms in total. The van der Waals surface area contributed by atoms with Gasteiger partial charge in [0.25, 0.3) is 0 Å². The molecule has 0 spiro atoms. The zero-order valence-electron chi connectivity index (χ0n) is 12.5. The number of hydrogen-bond acceptors (Lipinski definition) is 2. The largest absolute Gasteiger partial charge is 0.387 e. The highest BCUT2D eigenvalue weighted by Crippen LogP contribution is 2.27. The van der Waals surface area contributed by atoms with Crippen LogP contribution in [0.1, 0.15) is 56.4 Å². The summed E-state index contributed by atoms with van der Waals surface area (Å²) in [4.78, 5) is 2.31. The maximum atomic E-state index is 10.6. The van der Waals surface area contributed by atoms with Gasteiger partial charge in [0.15, 0.2) is 0 Å². The lowest BCUT2D eigenvalue weighted by Crippen LogP contribution is -2.37. The molecule has 1 N–H and O–H groups in total. The van der Waals surface area contributed by atoms with Crippen LogP contribution in [0, 0.1) is 0 Å². The molecule has 0 saturated carbocycles. The zero-order valence-corrected chi connectivity index (χ0v) is 12.5. The first-order chi connectivity index (χ1) is 9.17. The van der Waals surface area contributed by atoms with Gasteiger partial charge in [-0.25, -0.2) is 0 Å². The average Bonchev–Trinajstić information content (AvgIpc) is 2.47. The Labute approximate surface area is 117 Å². The lowest BCUT2D eigenvalue weighted by molar-refractivity contribution is 0.0637. The maximum absolute atomic E-state index is 10.6. The van der Waals surface area contributed by atoms with Crippen LogP contribution in [0.15, 0.2) is 18.2 Å². The minimum atomic E-state index is -0.382. The Bertz CT molecular complexity index is 412. The van der Waals surface area contributed by atoms with Crippen molar-refractivity contribution in [1.82, 2.24) is 4.90 Å². The molecule has 0 fully saturated rings. The summed E-state index contributed by atoms with van der Waals surface area (Å²) in [5.41, 5.74) is 4.02. The van der Waals surface area contributed by atoms with Gasteiger partial charge in [0.2, 0.25) is 0 Å². The highest BCUT2D eigenvalue weighted by molar-refractivity contribution is 5.35. The van der Waals surface area contributed by atoms with Gasteiger partial charge < -0.3 is 5.11 Å². The Morgan fingerprint density at radius 3 is 2.37 bits per heavy atom. The quantitative estimate of drug-likeness (QED) is 0.879. The Balaban J connectivity index is 2.16. The summed E-state index contributed by atoms with van der Waals surface area (Å²) in [6.45, 7) is 8.40. The Morgan fingerprint density at radius 2 is 1.74 bits per heavy atom. The van der Waals surface area contributed by atoms with Crippen LogP contribution in [0.5, 0.6) is 0 Å². The average molecular weight is 261 g/mol. The van der Waals surface area contributed by atoms with Crippen LogP contribution in [0.25, 0.3) is 0 Å². The molecule has 2 rings (SSSR count). The van der Waals surface area contributed by atoms with Crippen molar-refractivity contribution < 1.29 is 5.11 Å². The number of aryl methyl sites for hydroxylation is 2. The van der Waals surface area contributed by atoms with E-state index in [2.05, 4.69) is 43.9 Å². The Kier molecular flexibility index (Phi) is 5.00. The second-order valence-electron chi connectivity index (χ2n) is 5.64. The monoisotopic (exact) mass is 261 g/mol. The predicted octanol–water partition coefficient (Wildman–Crippen LogP) is 3.33. The third-order valence-corrected chi connectivity index (χ3v) is 4.56. The van der Waals surface area contributed by atoms with E-state index in [1.165, 1.54) is 36.8 Å². The van der Waals surface area contributed by atoms with Gasteiger partial charge in [0, 0.05) is 6.04 Å². The van der Waals surface area contributed by atoms with E-state index in [1.807, 2.05) is 0 Å². The van der Waals surface area contributed by atoms with Crippen LogP contribution in [-0.2, 0) is 12.8 Å². The molecule has 2 unspecified atom stereocenters. The maximum Gasteiger partial charge on any atom is 0.0942 e. The van der Waals surface area contributed by atoms with E-state index < -0.39 is 0 Å². The van der Waals surface area contributed by atoms with Crippen molar-refractivity contribution in [3.8, 4) is 0 Å². The number of rotatable bonds is 5. The van der Waals surface area contributed by atoms with Crippen LogP contribution >= 0.6 is 0 Å². The summed E-state index contributed by atoms with van der Waals surface area (Å²) in [5.74, 6) is 0. The fourth-order valence-corrected chi connectivity index (χ4v) is 3.22. The van der Waals surface area contributed by atoms with Crippen molar-refractivity contribution >= 4 is 0 Å². The van der Waals surface area contributed by atoms with Crippen LogP contribution < -0.4 is 0 Å². The highest BCUT2D eigenvalue weighted by Gasteiger charge is 2.22. The van der Waals surface area contributed by atoms with Gasteiger partial charge in [-0.15, -0.1) is 0 Å². The number of hydrogen-bond donors (Lipinski definition) is 1. The normalized spacial score (nSPS) is 18.2. The van der Waals surface area contributed by atoms with E-state index in [1.54, 1.807) is 0 Å². The summed E-state index contributed by atoms with van der Waals surface area (Å²) in [7, 11) is 0. The van der Waals surface area contributed by atoms with E-state index in [0.717, 1.165) is 18.7 Å². The molecule has 2 atom stereocenters. The van der Waals surface area contributed by atoms with Crippen LogP contribution in [0.4, 0.5) is 0 Å². The van der Waals surface area contributed by atoms with Crippen molar-refractivity contribution in [1.29, 1.82) is 0 Å². The molecule has 0 amide bonds. The van der Waals surface area contributed by atoms with Gasteiger partial charge in [-0.2, -0.15) is 0 Å². The minimum Gasteiger partial charge on any atom is -0.387 e. The number of aliphatic hydroxyl groups is 1. The second-order valence-corrected chi connectivity index (χ2v) is 5.64. The fraction of sp³-hybridized carbons (Fsp3) is 0.647. The molecule has 2 heteroatoms. The SMILES string of the molecule is CCN(CC)C(C)C(O)c1ccc2c(c1)CCCC2. The number of nitrogens with zero attached hydrogens (tertiary/aromatic N) is 1. The topological polar surface area (TPSA) is 23.5 Å². The van der Waals surface area contributed by atoms with E-state index in [9.17, 15) is 5.11 Å². The third-order valence-electron chi connectivity index (χ3n) is 4.56. The summed E-state index contributed by atoms with van der Waals surface area (Å²) in [5, 5.41) is 10.6. The molecule has 1 aliphatic carbocycles. The predicted molar refractivity (Wildman–Crippen MR) is 80.4 cm³/mol. The molecule has 1 aliphatic rings. The van der Waals surface area contributed by atoms with E-state index in [-0.39, 0.29) is 12.1 Å². The first kappa shape index (κ1) is 14.5. The first-order valence-electron chi connectivity index (χ1n) is 7.71. The van der Waals surface area contributed by atoms with Gasteiger partial charge in [0.05, 0.1) is 6.10 Å². The third kappa shape index (κ3) is 3.18. The lowest BCUT2D eigenvalue weighted by atomic mass is 9.88. The molecule has 0 aliphatic heterocycles. The molecule has 106 valence electrons. The molecule has 0 aromatic heterocycles. The molecule has 1 aromatic rings. The minimum absolute atomic E-state index is 0.177. The summed E-state index contributed by atoms with van der Waals surface area (Å²) in [6, 6.07) is 6.76. The van der Waals surface area contributed by atoms with Gasteiger partial charge in [0.1, 0.15) is 0 Å². The molecule has 0 saturated heterocycles. The van der Waals surface area contributed by atoms with Crippen LogP contribution in [-0.4, -0.2) is 29.1 Å². The molecule has 19 heavy (non-hydrogen) atoms. The van der Waals surface area contributed by atoms with Crippen LogP contribution in [0.3, 0.4) is 0 Å². The summed E-state index contributed by atoms with van der Waals surface area (Å²) in [6.07, 6.45) is 4.60. The molecule has 0 bridgehead atoms. The van der Waals surface area contributed by atoms with Crippen molar-refractivity contribution in [2.75, 3.05) is 13.1 Å². The van der Waals surface area contributed by atoms with Gasteiger partial charge in [-0.3, -0.25) is 4.90 Å². The summed E-state index contributed by atoms with van der Waals surface area (Å²) >= 11 is 0. The number of benzene rings is 1. The standard InChI is InChI=1S/C17H27NO/c1-4-18(5-2)13(3)17(19)16-11-10-14-8-6-7-9-15(14)12-16/h10-13,17,19H,4-9H2,1-3H3. The number of aliphatic hydroxyl groups excluding tert-OH is 1. The van der Waals surface area contributed by atoms with Gasteiger partial charge >= 0.3 is 0 Å². The molecule has 0 radical (unpaired) electrons. The van der Waals surface area contributed by atoms with E-state index >= 15 is 0 Å². The zero-order chi connectivity index (χ0) is 13.8. The molecular weight excluding hydrogens is 234 g/mol. The molecule has 1 aromatic carbocycles. The number of fused-ring (bicyclic) bond motifs is 1. The lowest BCUT2D eigenvalue weighted by Gasteiger charge is -2.31. The Morgan fingerprint density at radius 1 is 1.11 bits per heavy atom. The number of likely N-dealkylation sites (N-methyl/N-ethyl adjacent to an activating group) is 1. The van der Waals surface area contributed by atoms with Gasteiger partial charge in [-0.05, 0) is 62.4 Å². The van der Waals surface area contributed by atoms with Crippen LogP contribution in [0.2, 0.25) is 0 Å². The van der Waals surface area contributed by atoms with Crippen molar-refractivity contribution in [3.05, 3.63) is 34.9 Å². The molecule has 0 heterocycles. The highest BCUT2D eigenvalue weighted by atomic mass is 16.3. The Hall–Kier alpha value is -0.860. The summed E-state index contributed by atoms with van der Waals surface area (Å²) < 4.78 is 0. The van der Waals surface area contributed by atoms with E-state index in [4.69, 9.17) is 0 Å². The fourth-order valence-electron chi connectivity index (χ4n) is 3.22. The van der Waals surface area contributed by atoms with Crippen molar-refractivity contribution in [2.45, 2.75) is 58.6 Å². The first-order valence-corrected chi connectivity index (χ1v) is 7.71. The second kappa shape index (κ2) is 6.53. The van der Waals surface area contributed by atoms with Crippen molar-refractivity contribution in [3.63, 3.8) is 0 Å². The smallest absolute Gasteiger partial charge is 0.0942 e. The van der Waals surface area contributed by atoms with Gasteiger partial charge in [-0.1, -0.05) is 32.0 Å². The van der Waals surface area contributed by atoms with E-state index in [0.29, 0.717) is 0 Å². The molecular formula is C17H27NO. The van der Waals surface area contributed by atoms with Crippen molar-refractivity contribution in [2.24, 2.45) is 0 Å².